The average molecular weight is 500 g/mol. The van der Waals surface area contributed by atoms with Crippen LogP contribution in [0.25, 0.3) is 6.08 Å². The first-order valence-corrected chi connectivity index (χ1v) is 12.5. The number of carbonyl (C=O) groups excluding carboxylic acids is 2. The lowest BCUT2D eigenvalue weighted by Gasteiger charge is -2.14. The third-order valence-electron chi connectivity index (χ3n) is 5.16. The lowest BCUT2D eigenvalue weighted by Crippen LogP contribution is -2.29. The minimum atomic E-state index is -0.178. The van der Waals surface area contributed by atoms with Crippen molar-refractivity contribution in [2.24, 2.45) is 0 Å². The molecule has 1 aliphatic rings. The van der Waals surface area contributed by atoms with Crippen LogP contribution < -0.4 is 9.47 Å². The fraction of sp³-hybridized carbons (Fsp3) is 0.346. The van der Waals surface area contributed by atoms with Crippen molar-refractivity contribution < 1.29 is 23.8 Å². The molecule has 1 fully saturated rings. The number of ether oxygens (including phenoxy) is 3. The zero-order chi connectivity index (χ0) is 24.3. The van der Waals surface area contributed by atoms with E-state index in [0.717, 1.165) is 30.4 Å². The van der Waals surface area contributed by atoms with Gasteiger partial charge in [-0.15, -0.1) is 0 Å². The first kappa shape index (κ1) is 25.8. The van der Waals surface area contributed by atoms with Gasteiger partial charge in [0.2, 0.25) is 0 Å². The number of nitrogens with zero attached hydrogens (tertiary/aromatic N) is 1. The van der Waals surface area contributed by atoms with E-state index in [1.807, 2.05) is 54.6 Å². The van der Waals surface area contributed by atoms with Crippen LogP contribution in [0.3, 0.4) is 0 Å². The summed E-state index contributed by atoms with van der Waals surface area (Å²) in [6, 6.07) is 15.5. The first-order chi connectivity index (χ1) is 16.5. The molecule has 0 saturated carbocycles. The van der Waals surface area contributed by atoms with E-state index in [0.29, 0.717) is 46.9 Å². The van der Waals surface area contributed by atoms with Crippen LogP contribution in [0.4, 0.5) is 0 Å². The number of methoxy groups -OCH3 is 1. The summed E-state index contributed by atoms with van der Waals surface area (Å²) in [6.45, 7) is 3.18. The molecule has 2 aromatic carbocycles. The topological polar surface area (TPSA) is 65.1 Å². The number of carbonyl (C=O) groups is 2. The average Bonchev–Trinajstić information content (AvgIpc) is 3.10. The highest BCUT2D eigenvalue weighted by Gasteiger charge is 2.31. The maximum Gasteiger partial charge on any atom is 0.305 e. The second-order valence-electron chi connectivity index (χ2n) is 7.63. The zero-order valence-corrected chi connectivity index (χ0v) is 21.1. The molecule has 8 heteroatoms. The molecule has 34 heavy (non-hydrogen) atoms. The van der Waals surface area contributed by atoms with Gasteiger partial charge < -0.3 is 14.2 Å². The second kappa shape index (κ2) is 13.2. The summed E-state index contributed by atoms with van der Waals surface area (Å²) in [6.07, 6.45) is 4.57. The molecule has 0 unspecified atom stereocenters. The molecule has 1 heterocycles. The van der Waals surface area contributed by atoms with Crippen LogP contribution in [-0.4, -0.2) is 41.4 Å². The Bertz CT molecular complexity index is 1040. The number of thioether (sulfide) groups is 1. The van der Waals surface area contributed by atoms with E-state index in [4.69, 9.17) is 26.4 Å². The zero-order valence-electron chi connectivity index (χ0n) is 19.5. The van der Waals surface area contributed by atoms with Crippen LogP contribution in [0, 0.1) is 0 Å². The highest BCUT2D eigenvalue weighted by atomic mass is 32.2. The maximum absolute atomic E-state index is 12.9. The molecule has 1 aliphatic heterocycles. The summed E-state index contributed by atoms with van der Waals surface area (Å²) in [5.41, 5.74) is 1.90. The van der Waals surface area contributed by atoms with Gasteiger partial charge in [-0.25, -0.2) is 0 Å². The number of hydrogen-bond donors (Lipinski definition) is 0. The van der Waals surface area contributed by atoms with Crippen LogP contribution in [0.15, 0.2) is 53.4 Å². The van der Waals surface area contributed by atoms with Gasteiger partial charge in [-0.3, -0.25) is 14.5 Å². The third-order valence-corrected chi connectivity index (χ3v) is 6.54. The molecular weight excluding hydrogens is 470 g/mol. The van der Waals surface area contributed by atoms with Crippen LogP contribution in [0.2, 0.25) is 0 Å². The summed E-state index contributed by atoms with van der Waals surface area (Å²) in [7, 11) is 1.59. The van der Waals surface area contributed by atoms with Crippen molar-refractivity contribution in [1.82, 2.24) is 4.90 Å². The number of hydrogen-bond acceptors (Lipinski definition) is 7. The summed E-state index contributed by atoms with van der Waals surface area (Å²) in [5.74, 6) is 0.965. The predicted molar refractivity (Wildman–Crippen MR) is 139 cm³/mol. The molecule has 0 aromatic heterocycles. The lowest BCUT2D eigenvalue weighted by atomic mass is 10.1. The Labute approximate surface area is 210 Å². The second-order valence-corrected chi connectivity index (χ2v) is 9.31. The van der Waals surface area contributed by atoms with Gasteiger partial charge >= 0.3 is 5.97 Å². The van der Waals surface area contributed by atoms with Crippen LogP contribution in [0.1, 0.15) is 43.7 Å². The minimum absolute atomic E-state index is 0.0937. The fourth-order valence-electron chi connectivity index (χ4n) is 3.42. The molecule has 6 nitrogen and oxygen atoms in total. The van der Waals surface area contributed by atoms with E-state index >= 15 is 0 Å². The van der Waals surface area contributed by atoms with Gasteiger partial charge in [0.25, 0.3) is 5.91 Å². The lowest BCUT2D eigenvalue weighted by molar-refractivity contribution is -0.143. The summed E-state index contributed by atoms with van der Waals surface area (Å²) in [5, 5.41) is 0. The first-order valence-electron chi connectivity index (χ1n) is 11.3. The molecule has 0 atom stereocenters. The van der Waals surface area contributed by atoms with E-state index in [1.165, 1.54) is 11.8 Å². The normalized spacial score (nSPS) is 14.5. The number of unbranched alkanes of at least 4 members (excludes halogenated alkanes) is 2. The van der Waals surface area contributed by atoms with Crippen molar-refractivity contribution in [3.8, 4) is 11.5 Å². The molecule has 180 valence electrons. The van der Waals surface area contributed by atoms with Crippen molar-refractivity contribution in [1.29, 1.82) is 0 Å². The van der Waals surface area contributed by atoms with Gasteiger partial charge in [-0.2, -0.15) is 0 Å². The number of rotatable bonds is 12. The minimum Gasteiger partial charge on any atom is -0.493 e. The molecule has 0 spiro atoms. The SMILES string of the molecule is CCOC(=O)CCCCCN1C(=O)/C(=C/c2ccc(OCc3ccccc3)c(OC)c2)SC1=S. The van der Waals surface area contributed by atoms with Gasteiger partial charge in [0.1, 0.15) is 10.9 Å². The molecule has 2 aromatic rings. The maximum atomic E-state index is 12.9. The smallest absolute Gasteiger partial charge is 0.305 e. The molecular formula is C26H29NO5S2. The molecule has 1 saturated heterocycles. The van der Waals surface area contributed by atoms with E-state index in [1.54, 1.807) is 18.9 Å². The van der Waals surface area contributed by atoms with Crippen LogP contribution in [-0.2, 0) is 20.9 Å². The predicted octanol–water partition coefficient (Wildman–Crippen LogP) is 5.60. The van der Waals surface area contributed by atoms with Crippen LogP contribution in [0.5, 0.6) is 11.5 Å². The standard InChI is InChI=1S/C26H29NO5S2/c1-3-31-24(28)12-8-5-9-15-27-25(29)23(34-26(27)33)17-20-13-14-21(22(16-20)30-2)32-18-19-10-6-4-7-11-19/h4,6-7,10-11,13-14,16-17H,3,5,8-9,12,15,18H2,1-2H3/b23-17-. The molecule has 1 amide bonds. The van der Waals surface area contributed by atoms with Gasteiger partial charge in [0.05, 0.1) is 18.6 Å². The molecule has 0 radical (unpaired) electrons. The van der Waals surface area contributed by atoms with E-state index < -0.39 is 0 Å². The van der Waals surface area contributed by atoms with Crippen molar-refractivity contribution in [2.75, 3.05) is 20.3 Å². The Hall–Kier alpha value is -2.84. The Kier molecular flexibility index (Phi) is 9.97. The molecule has 0 bridgehead atoms. The molecule has 0 N–H and O–H groups in total. The van der Waals surface area contributed by atoms with Gasteiger partial charge in [-0.1, -0.05) is 66.8 Å². The molecule has 3 rings (SSSR count). The molecule has 0 aliphatic carbocycles. The third kappa shape index (κ3) is 7.33. The summed E-state index contributed by atoms with van der Waals surface area (Å²) in [4.78, 5) is 26.5. The van der Waals surface area contributed by atoms with Gasteiger partial charge in [0, 0.05) is 13.0 Å². The Balaban J connectivity index is 1.56. The number of esters is 1. The fourth-order valence-corrected chi connectivity index (χ4v) is 4.73. The number of amides is 1. The van der Waals surface area contributed by atoms with E-state index in [9.17, 15) is 9.59 Å². The van der Waals surface area contributed by atoms with Gasteiger partial charge in [0.15, 0.2) is 11.5 Å². The van der Waals surface area contributed by atoms with Crippen molar-refractivity contribution in [3.05, 3.63) is 64.6 Å². The van der Waals surface area contributed by atoms with E-state index in [-0.39, 0.29) is 11.9 Å². The highest BCUT2D eigenvalue weighted by Crippen LogP contribution is 2.35. The Morgan fingerprint density at radius 2 is 1.88 bits per heavy atom. The number of thiocarbonyl (C=S) groups is 1. The monoisotopic (exact) mass is 499 g/mol. The van der Waals surface area contributed by atoms with Gasteiger partial charge in [-0.05, 0) is 49.1 Å². The summed E-state index contributed by atoms with van der Waals surface area (Å²) >= 11 is 6.72. The van der Waals surface area contributed by atoms with Crippen LogP contribution >= 0.6 is 24.0 Å². The highest BCUT2D eigenvalue weighted by molar-refractivity contribution is 8.26. The van der Waals surface area contributed by atoms with Crippen molar-refractivity contribution >= 4 is 46.3 Å². The Morgan fingerprint density at radius 3 is 2.62 bits per heavy atom. The van der Waals surface area contributed by atoms with Crippen molar-refractivity contribution in [3.63, 3.8) is 0 Å². The largest absolute Gasteiger partial charge is 0.493 e. The van der Waals surface area contributed by atoms with Crippen molar-refractivity contribution in [2.45, 2.75) is 39.2 Å². The summed E-state index contributed by atoms with van der Waals surface area (Å²) < 4.78 is 16.9. The van der Waals surface area contributed by atoms with E-state index in [2.05, 4.69) is 0 Å². The Morgan fingerprint density at radius 1 is 1.09 bits per heavy atom. The quantitative estimate of drug-likeness (QED) is 0.163. The number of benzene rings is 2.